The lowest BCUT2D eigenvalue weighted by molar-refractivity contribution is 0.773. The minimum atomic E-state index is 0.896. The maximum atomic E-state index is 4.11. The van der Waals surface area contributed by atoms with E-state index >= 15 is 0 Å². The average molecular weight is 141 g/mol. The van der Waals surface area contributed by atoms with Gasteiger partial charge in [0.25, 0.3) is 0 Å². The lowest BCUT2D eigenvalue weighted by atomic mass is 10.4. The number of aromatic nitrogens is 1. The quantitative estimate of drug-likeness (QED) is 0.615. The summed E-state index contributed by atoms with van der Waals surface area (Å²) in [4.78, 5) is 4.11. The first-order valence-electron chi connectivity index (χ1n) is 2.87. The molecule has 1 heterocycles. The van der Waals surface area contributed by atoms with E-state index in [4.69, 9.17) is 0 Å². The summed E-state index contributed by atoms with van der Waals surface area (Å²) in [6.45, 7) is 0.896. The van der Waals surface area contributed by atoms with Gasteiger partial charge in [-0.05, 0) is 0 Å². The third kappa shape index (κ3) is 2.11. The zero-order chi connectivity index (χ0) is 6.53. The molecular formula is C6H9N2S. The van der Waals surface area contributed by atoms with Crippen molar-refractivity contribution in [3.05, 3.63) is 16.6 Å². The fraction of sp³-hybridized carbons (Fsp3) is 0.500. The summed E-state index contributed by atoms with van der Waals surface area (Å²) in [5.41, 5.74) is 0. The van der Waals surface area contributed by atoms with E-state index in [0.29, 0.717) is 0 Å². The van der Waals surface area contributed by atoms with Crippen LogP contribution in [-0.4, -0.2) is 18.6 Å². The van der Waals surface area contributed by atoms with E-state index in [-0.39, 0.29) is 0 Å². The predicted molar refractivity (Wildman–Crippen MR) is 38.7 cm³/mol. The van der Waals surface area contributed by atoms with Crippen LogP contribution in [0.5, 0.6) is 0 Å². The minimum absolute atomic E-state index is 0.896. The molecule has 0 spiro atoms. The lowest BCUT2D eigenvalue weighted by Gasteiger charge is -1.89. The Kier molecular flexibility index (Phi) is 2.67. The summed E-state index contributed by atoms with van der Waals surface area (Å²) < 4.78 is 0. The molecule has 0 aromatic carbocycles. The number of rotatable bonds is 3. The van der Waals surface area contributed by atoms with Crippen molar-refractivity contribution in [2.75, 3.05) is 13.6 Å². The van der Waals surface area contributed by atoms with Crippen LogP contribution in [0.4, 0.5) is 0 Å². The Labute approximate surface area is 58.9 Å². The number of hydrogen-bond acceptors (Lipinski definition) is 2. The van der Waals surface area contributed by atoms with Gasteiger partial charge in [0.2, 0.25) is 0 Å². The molecule has 0 aliphatic heterocycles. The van der Waals surface area contributed by atoms with Crippen LogP contribution in [0.15, 0.2) is 11.6 Å². The second kappa shape index (κ2) is 3.58. The predicted octanol–water partition coefficient (Wildman–Crippen LogP) is 0.920. The van der Waals surface area contributed by atoms with Crippen molar-refractivity contribution in [2.24, 2.45) is 0 Å². The van der Waals surface area contributed by atoms with Gasteiger partial charge in [-0.2, -0.15) is 0 Å². The van der Waals surface area contributed by atoms with Gasteiger partial charge in [-0.1, -0.05) is 0 Å². The van der Waals surface area contributed by atoms with E-state index in [2.05, 4.69) is 10.3 Å². The SMILES string of the molecule is C[N]CCc1nccs1. The maximum absolute atomic E-state index is 4.11. The van der Waals surface area contributed by atoms with Crippen molar-refractivity contribution in [1.29, 1.82) is 0 Å². The van der Waals surface area contributed by atoms with E-state index < -0.39 is 0 Å². The number of nitrogens with zero attached hydrogens (tertiary/aromatic N) is 2. The fourth-order valence-electron chi connectivity index (χ4n) is 0.584. The standard InChI is InChI=1S/C6H9N2S/c1-7-3-2-6-8-4-5-9-6/h4-5H,2-3H2,1H3. The topological polar surface area (TPSA) is 27.0 Å². The van der Waals surface area contributed by atoms with Gasteiger partial charge in [-0.3, -0.25) is 0 Å². The van der Waals surface area contributed by atoms with E-state index in [9.17, 15) is 0 Å². The van der Waals surface area contributed by atoms with Crippen LogP contribution in [0.3, 0.4) is 0 Å². The summed E-state index contributed by atoms with van der Waals surface area (Å²) in [5, 5.41) is 7.15. The molecule has 0 aliphatic carbocycles. The molecule has 0 amide bonds. The molecule has 1 radical (unpaired) electrons. The molecule has 0 aliphatic rings. The minimum Gasteiger partial charge on any atom is -0.250 e. The first-order chi connectivity index (χ1) is 4.43. The van der Waals surface area contributed by atoms with Crippen molar-refractivity contribution in [2.45, 2.75) is 6.42 Å². The summed E-state index contributed by atoms with van der Waals surface area (Å²) in [6, 6.07) is 0. The first-order valence-corrected chi connectivity index (χ1v) is 3.75. The molecule has 0 bridgehead atoms. The molecule has 0 saturated carbocycles. The Balaban J connectivity index is 2.30. The van der Waals surface area contributed by atoms with Gasteiger partial charge in [0, 0.05) is 31.6 Å². The zero-order valence-electron chi connectivity index (χ0n) is 5.37. The van der Waals surface area contributed by atoms with Crippen LogP contribution in [0.25, 0.3) is 0 Å². The first kappa shape index (κ1) is 6.71. The van der Waals surface area contributed by atoms with Gasteiger partial charge in [0.1, 0.15) is 0 Å². The highest BCUT2D eigenvalue weighted by molar-refractivity contribution is 7.09. The van der Waals surface area contributed by atoms with Crippen molar-refractivity contribution < 1.29 is 0 Å². The third-order valence-corrected chi connectivity index (χ3v) is 1.87. The zero-order valence-corrected chi connectivity index (χ0v) is 6.19. The summed E-state index contributed by atoms with van der Waals surface area (Å²) in [7, 11) is 1.83. The number of hydrogen-bond donors (Lipinski definition) is 0. The molecule has 2 nitrogen and oxygen atoms in total. The van der Waals surface area contributed by atoms with Gasteiger partial charge in [0.15, 0.2) is 0 Å². The summed E-state index contributed by atoms with van der Waals surface area (Å²) in [5.74, 6) is 0. The Morgan fingerprint density at radius 2 is 2.67 bits per heavy atom. The van der Waals surface area contributed by atoms with Gasteiger partial charge in [-0.15, -0.1) is 11.3 Å². The van der Waals surface area contributed by atoms with Gasteiger partial charge in [-0.25, -0.2) is 10.3 Å². The molecule has 49 valence electrons. The Morgan fingerprint density at radius 1 is 1.78 bits per heavy atom. The van der Waals surface area contributed by atoms with Gasteiger partial charge >= 0.3 is 0 Å². The molecular weight excluding hydrogens is 132 g/mol. The van der Waals surface area contributed by atoms with Crippen molar-refractivity contribution in [1.82, 2.24) is 10.3 Å². The summed E-state index contributed by atoms with van der Waals surface area (Å²) in [6.07, 6.45) is 2.82. The highest BCUT2D eigenvalue weighted by atomic mass is 32.1. The van der Waals surface area contributed by atoms with Crippen LogP contribution < -0.4 is 5.32 Å². The molecule has 0 fully saturated rings. The van der Waals surface area contributed by atoms with E-state index in [0.717, 1.165) is 13.0 Å². The van der Waals surface area contributed by atoms with Crippen LogP contribution in [0, 0.1) is 0 Å². The highest BCUT2D eigenvalue weighted by Crippen LogP contribution is 2.02. The largest absolute Gasteiger partial charge is 0.250 e. The third-order valence-electron chi connectivity index (χ3n) is 1.03. The second-order valence-corrected chi connectivity index (χ2v) is 2.69. The normalized spacial score (nSPS) is 9.89. The van der Waals surface area contributed by atoms with Gasteiger partial charge in [0.05, 0.1) is 5.01 Å². The van der Waals surface area contributed by atoms with Crippen LogP contribution in [0.2, 0.25) is 0 Å². The fourth-order valence-corrected chi connectivity index (χ4v) is 1.19. The molecule has 0 unspecified atom stereocenters. The van der Waals surface area contributed by atoms with Crippen molar-refractivity contribution in [3.63, 3.8) is 0 Å². The van der Waals surface area contributed by atoms with Crippen LogP contribution in [0.1, 0.15) is 5.01 Å². The maximum Gasteiger partial charge on any atom is 0.0938 e. The summed E-state index contributed by atoms with van der Waals surface area (Å²) >= 11 is 1.69. The highest BCUT2D eigenvalue weighted by Gasteiger charge is 1.91. The van der Waals surface area contributed by atoms with Crippen LogP contribution >= 0.6 is 11.3 Å². The Morgan fingerprint density at radius 3 is 3.22 bits per heavy atom. The molecule has 3 heteroatoms. The average Bonchev–Trinajstić information content (AvgIpc) is 2.34. The van der Waals surface area contributed by atoms with Gasteiger partial charge < -0.3 is 0 Å². The van der Waals surface area contributed by atoms with Crippen molar-refractivity contribution in [3.8, 4) is 0 Å². The van der Waals surface area contributed by atoms with Crippen LogP contribution in [-0.2, 0) is 6.42 Å². The Hall–Kier alpha value is -0.410. The molecule has 0 atom stereocenters. The van der Waals surface area contributed by atoms with E-state index in [1.165, 1.54) is 5.01 Å². The molecule has 1 rings (SSSR count). The van der Waals surface area contributed by atoms with Crippen molar-refractivity contribution >= 4 is 11.3 Å². The number of likely N-dealkylation sites (N-methyl/N-ethyl adjacent to an activating group) is 1. The monoisotopic (exact) mass is 141 g/mol. The molecule has 1 aromatic heterocycles. The Bertz CT molecular complexity index is 148. The number of thiazole rings is 1. The van der Waals surface area contributed by atoms with E-state index in [1.807, 2.05) is 18.6 Å². The smallest absolute Gasteiger partial charge is 0.0938 e. The molecule has 0 saturated heterocycles. The lowest BCUT2D eigenvalue weighted by Crippen LogP contribution is -2.01. The van der Waals surface area contributed by atoms with E-state index in [1.54, 1.807) is 11.3 Å². The molecule has 1 aromatic rings. The molecule has 0 N–H and O–H groups in total. The second-order valence-electron chi connectivity index (χ2n) is 1.72. The molecule has 9 heavy (non-hydrogen) atoms.